The van der Waals surface area contributed by atoms with Crippen LogP contribution in [0, 0.1) is 6.92 Å². The molecule has 166 valence electrons. The number of thioether (sulfide) groups is 1. The molecule has 0 aliphatic rings. The molecule has 0 spiro atoms. The van der Waals surface area contributed by atoms with Crippen LogP contribution in [0.3, 0.4) is 0 Å². The number of hydrogen-bond acceptors (Lipinski definition) is 7. The maximum Gasteiger partial charge on any atom is 0.234 e. The van der Waals surface area contributed by atoms with E-state index in [0.717, 1.165) is 35.9 Å². The number of ether oxygens (including phenoxy) is 2. The number of carbonyl (C=O) groups excluding carboxylic acids is 1. The standard InChI is InChI=1S/C22H28N4O3S2/c1-6-10-26-21(17-12-30-14(3)16(17)7-2)24-25-22(26)31-13-20(27)23-18-9-8-15(28-4)11-19(18)29-5/h8-9,11-12H,6-7,10,13H2,1-5H3,(H,23,27). The summed E-state index contributed by atoms with van der Waals surface area (Å²) >= 11 is 3.13. The topological polar surface area (TPSA) is 78.3 Å². The van der Waals surface area contributed by atoms with Crippen LogP contribution in [-0.2, 0) is 17.8 Å². The summed E-state index contributed by atoms with van der Waals surface area (Å²) in [5, 5.41) is 14.7. The summed E-state index contributed by atoms with van der Waals surface area (Å²) in [6, 6.07) is 5.29. The van der Waals surface area contributed by atoms with Crippen LogP contribution in [0.2, 0.25) is 0 Å². The molecule has 0 aliphatic carbocycles. The highest BCUT2D eigenvalue weighted by Gasteiger charge is 2.19. The molecule has 3 aromatic rings. The van der Waals surface area contributed by atoms with Gasteiger partial charge in [-0.2, -0.15) is 0 Å². The van der Waals surface area contributed by atoms with Crippen LogP contribution in [0.4, 0.5) is 5.69 Å². The summed E-state index contributed by atoms with van der Waals surface area (Å²) in [7, 11) is 3.15. The number of amides is 1. The van der Waals surface area contributed by atoms with Crippen LogP contribution >= 0.6 is 23.1 Å². The van der Waals surface area contributed by atoms with E-state index in [1.54, 1.807) is 43.8 Å². The quantitative estimate of drug-likeness (QED) is 0.427. The molecule has 7 nitrogen and oxygen atoms in total. The Morgan fingerprint density at radius 2 is 2.03 bits per heavy atom. The lowest BCUT2D eigenvalue weighted by Crippen LogP contribution is -2.15. The number of carbonyl (C=O) groups is 1. The Hall–Kier alpha value is -2.52. The number of aryl methyl sites for hydroxylation is 1. The Morgan fingerprint density at radius 3 is 2.71 bits per heavy atom. The Labute approximate surface area is 191 Å². The molecule has 0 unspecified atom stereocenters. The lowest BCUT2D eigenvalue weighted by Gasteiger charge is -2.12. The highest BCUT2D eigenvalue weighted by Crippen LogP contribution is 2.33. The predicted molar refractivity (Wildman–Crippen MR) is 127 cm³/mol. The molecule has 0 bridgehead atoms. The van der Waals surface area contributed by atoms with E-state index in [2.05, 4.69) is 46.2 Å². The average Bonchev–Trinajstić information content (AvgIpc) is 3.35. The van der Waals surface area contributed by atoms with Gasteiger partial charge in [0, 0.05) is 28.4 Å². The summed E-state index contributed by atoms with van der Waals surface area (Å²) < 4.78 is 12.7. The summed E-state index contributed by atoms with van der Waals surface area (Å²) in [5.41, 5.74) is 3.06. The third kappa shape index (κ3) is 5.22. The van der Waals surface area contributed by atoms with Crippen molar-refractivity contribution < 1.29 is 14.3 Å². The fourth-order valence-electron chi connectivity index (χ4n) is 3.34. The number of thiophene rings is 1. The number of nitrogens with one attached hydrogen (secondary N) is 1. The van der Waals surface area contributed by atoms with E-state index in [4.69, 9.17) is 9.47 Å². The van der Waals surface area contributed by atoms with E-state index < -0.39 is 0 Å². The first-order valence-corrected chi connectivity index (χ1v) is 12.0. The van der Waals surface area contributed by atoms with Gasteiger partial charge in [0.1, 0.15) is 11.5 Å². The molecule has 2 heterocycles. The molecular weight excluding hydrogens is 432 g/mol. The fraction of sp³-hybridized carbons (Fsp3) is 0.409. The molecule has 1 N–H and O–H groups in total. The molecule has 31 heavy (non-hydrogen) atoms. The first-order valence-electron chi connectivity index (χ1n) is 10.2. The van der Waals surface area contributed by atoms with Gasteiger partial charge in [-0.05, 0) is 37.5 Å². The van der Waals surface area contributed by atoms with Crippen molar-refractivity contribution in [2.75, 3.05) is 25.3 Å². The van der Waals surface area contributed by atoms with E-state index in [1.807, 2.05) is 0 Å². The third-order valence-corrected chi connectivity index (χ3v) is 6.80. The SMILES string of the molecule is CCCn1c(SCC(=O)Nc2ccc(OC)cc2OC)nnc1-c1csc(C)c1CC. The summed E-state index contributed by atoms with van der Waals surface area (Å²) in [4.78, 5) is 13.9. The molecule has 0 saturated heterocycles. The molecule has 0 atom stereocenters. The molecule has 0 saturated carbocycles. The number of anilines is 1. The number of aromatic nitrogens is 3. The number of nitrogens with zero attached hydrogens (tertiary/aromatic N) is 3. The van der Waals surface area contributed by atoms with Gasteiger partial charge < -0.3 is 19.4 Å². The minimum absolute atomic E-state index is 0.137. The number of hydrogen-bond donors (Lipinski definition) is 1. The molecule has 0 radical (unpaired) electrons. The van der Waals surface area contributed by atoms with E-state index in [-0.39, 0.29) is 11.7 Å². The van der Waals surface area contributed by atoms with Gasteiger partial charge in [0.2, 0.25) is 5.91 Å². The Kier molecular flexibility index (Phi) is 7.97. The monoisotopic (exact) mass is 460 g/mol. The summed E-state index contributed by atoms with van der Waals surface area (Å²) in [5.74, 6) is 2.18. The smallest absolute Gasteiger partial charge is 0.234 e. The largest absolute Gasteiger partial charge is 0.497 e. The number of methoxy groups -OCH3 is 2. The Balaban J connectivity index is 1.74. The minimum atomic E-state index is -0.137. The molecular formula is C22H28N4O3S2. The maximum absolute atomic E-state index is 12.6. The van der Waals surface area contributed by atoms with Crippen molar-refractivity contribution in [3.8, 4) is 22.9 Å². The maximum atomic E-state index is 12.6. The summed E-state index contributed by atoms with van der Waals surface area (Å²) in [6.07, 6.45) is 1.91. The van der Waals surface area contributed by atoms with Gasteiger partial charge in [0.15, 0.2) is 11.0 Å². The van der Waals surface area contributed by atoms with Gasteiger partial charge in [-0.3, -0.25) is 4.79 Å². The molecule has 0 aliphatic heterocycles. The normalized spacial score (nSPS) is 10.9. The van der Waals surface area contributed by atoms with Crippen molar-refractivity contribution in [2.45, 2.75) is 45.3 Å². The van der Waals surface area contributed by atoms with Gasteiger partial charge in [0.05, 0.1) is 25.7 Å². The third-order valence-electron chi connectivity index (χ3n) is 4.88. The second kappa shape index (κ2) is 10.7. The van der Waals surface area contributed by atoms with E-state index in [9.17, 15) is 4.79 Å². The van der Waals surface area contributed by atoms with Crippen molar-refractivity contribution in [3.05, 3.63) is 34.0 Å². The van der Waals surface area contributed by atoms with Gasteiger partial charge in [-0.25, -0.2) is 0 Å². The van der Waals surface area contributed by atoms with Crippen LogP contribution in [0.25, 0.3) is 11.4 Å². The molecule has 3 rings (SSSR count). The zero-order valence-corrected chi connectivity index (χ0v) is 20.2. The number of rotatable bonds is 10. The number of benzene rings is 1. The van der Waals surface area contributed by atoms with Gasteiger partial charge >= 0.3 is 0 Å². The lowest BCUT2D eigenvalue weighted by molar-refractivity contribution is -0.113. The highest BCUT2D eigenvalue weighted by molar-refractivity contribution is 7.99. The van der Waals surface area contributed by atoms with Crippen LogP contribution in [0.5, 0.6) is 11.5 Å². The van der Waals surface area contributed by atoms with Crippen molar-refractivity contribution in [1.29, 1.82) is 0 Å². The van der Waals surface area contributed by atoms with Crippen LogP contribution < -0.4 is 14.8 Å². The molecule has 1 aromatic carbocycles. The molecule has 1 amide bonds. The second-order valence-electron chi connectivity index (χ2n) is 6.90. The first-order chi connectivity index (χ1) is 15.0. The average molecular weight is 461 g/mol. The zero-order chi connectivity index (χ0) is 22.4. The van der Waals surface area contributed by atoms with Crippen LogP contribution in [0.15, 0.2) is 28.7 Å². The minimum Gasteiger partial charge on any atom is -0.497 e. The van der Waals surface area contributed by atoms with Crippen molar-refractivity contribution >= 4 is 34.7 Å². The molecule has 0 fully saturated rings. The van der Waals surface area contributed by atoms with E-state index >= 15 is 0 Å². The highest BCUT2D eigenvalue weighted by atomic mass is 32.2. The van der Waals surface area contributed by atoms with Crippen molar-refractivity contribution in [1.82, 2.24) is 14.8 Å². The van der Waals surface area contributed by atoms with Crippen molar-refractivity contribution in [2.24, 2.45) is 0 Å². The lowest BCUT2D eigenvalue weighted by atomic mass is 10.1. The summed E-state index contributed by atoms with van der Waals surface area (Å²) in [6.45, 7) is 7.23. The van der Waals surface area contributed by atoms with Gasteiger partial charge in [-0.15, -0.1) is 21.5 Å². The van der Waals surface area contributed by atoms with Crippen molar-refractivity contribution in [3.63, 3.8) is 0 Å². The second-order valence-corrected chi connectivity index (χ2v) is 8.92. The van der Waals surface area contributed by atoms with Gasteiger partial charge in [0.25, 0.3) is 0 Å². The predicted octanol–water partition coefficient (Wildman–Crippen LogP) is 5.04. The zero-order valence-electron chi connectivity index (χ0n) is 18.5. The molecule has 9 heteroatoms. The van der Waals surface area contributed by atoms with E-state index in [1.165, 1.54) is 22.2 Å². The molecule has 2 aromatic heterocycles. The van der Waals surface area contributed by atoms with Crippen LogP contribution in [0.1, 0.15) is 30.7 Å². The van der Waals surface area contributed by atoms with E-state index in [0.29, 0.717) is 17.2 Å². The first kappa shape index (κ1) is 23.1. The van der Waals surface area contributed by atoms with Gasteiger partial charge in [-0.1, -0.05) is 25.6 Å². The fourth-order valence-corrected chi connectivity index (χ4v) is 5.05. The Morgan fingerprint density at radius 1 is 1.23 bits per heavy atom. The Bertz CT molecular complexity index is 1050. The van der Waals surface area contributed by atoms with Crippen LogP contribution in [-0.4, -0.2) is 40.6 Å².